The van der Waals surface area contributed by atoms with Crippen LogP contribution in [0.1, 0.15) is 41.0 Å². The van der Waals surface area contributed by atoms with Crippen LogP contribution in [0.2, 0.25) is 0 Å². The predicted molar refractivity (Wildman–Crippen MR) is 179 cm³/mol. The molecule has 5 saturated heterocycles. The molecule has 0 aromatic carbocycles. The monoisotopic (exact) mass is 820 g/mol. The summed E-state index contributed by atoms with van der Waals surface area (Å²) < 4.78 is 58.9. The third-order valence-electron chi connectivity index (χ3n) is 11.0. The highest BCUT2D eigenvalue weighted by atomic mass is 16.8. The molecule has 0 aromatic rings. The van der Waals surface area contributed by atoms with Gasteiger partial charge in [-0.2, -0.15) is 0 Å². The van der Waals surface area contributed by atoms with E-state index in [0.29, 0.717) is 6.42 Å². The molecule has 5 rings (SSSR count). The SMILES string of the molecule is CCCO[C@@H]1OC(C)[C@H](O)C(O[C@H]2O[C@@H](CO)[C@@H](O)C(O)C2O)[C@@H]1O[C@@H]1OC(CO)[C@@H](O)C(O[C@@H]2OC(C)[C@H](O)C(O[C@@H]3OC(C)[C@H](O)C(O)[C@@H]3O)[C@@H]2O)[C@@H]1C. The zero-order valence-electron chi connectivity index (χ0n) is 31.7. The van der Waals surface area contributed by atoms with Crippen LogP contribution < -0.4 is 0 Å². The first-order valence-electron chi connectivity index (χ1n) is 19.0. The van der Waals surface area contributed by atoms with Gasteiger partial charge in [0.2, 0.25) is 0 Å². The van der Waals surface area contributed by atoms with E-state index >= 15 is 0 Å². The highest BCUT2D eigenvalue weighted by molar-refractivity contribution is 4.98. The van der Waals surface area contributed by atoms with Gasteiger partial charge in [-0.25, -0.2) is 0 Å². The predicted octanol–water partition coefficient (Wildman–Crippen LogP) is -6.13. The summed E-state index contributed by atoms with van der Waals surface area (Å²) in [6.07, 6.45) is -35.1. The molecule has 22 heteroatoms. The second-order valence-corrected chi connectivity index (χ2v) is 15.1. The summed E-state index contributed by atoms with van der Waals surface area (Å²) in [6, 6.07) is 0. The van der Waals surface area contributed by atoms with Crippen molar-refractivity contribution in [2.75, 3.05) is 19.8 Å². The Morgan fingerprint density at radius 2 is 0.821 bits per heavy atom. The molecule has 0 radical (unpaired) electrons. The zero-order valence-corrected chi connectivity index (χ0v) is 31.7. The number of aliphatic hydroxyl groups excluding tert-OH is 12. The van der Waals surface area contributed by atoms with Crippen molar-refractivity contribution in [2.24, 2.45) is 5.92 Å². The van der Waals surface area contributed by atoms with Crippen LogP contribution in [0, 0.1) is 5.92 Å². The Labute approximate surface area is 322 Å². The van der Waals surface area contributed by atoms with Gasteiger partial charge in [-0.15, -0.1) is 0 Å². The van der Waals surface area contributed by atoms with Gasteiger partial charge < -0.3 is 109 Å². The Morgan fingerprint density at radius 3 is 1.41 bits per heavy atom. The van der Waals surface area contributed by atoms with Crippen LogP contribution in [-0.2, 0) is 47.4 Å². The summed E-state index contributed by atoms with van der Waals surface area (Å²) >= 11 is 0. The second kappa shape index (κ2) is 19.7. The van der Waals surface area contributed by atoms with E-state index in [1.165, 1.54) is 27.7 Å². The number of rotatable bonds is 13. The van der Waals surface area contributed by atoms with Crippen LogP contribution in [0.15, 0.2) is 0 Å². The van der Waals surface area contributed by atoms with Crippen molar-refractivity contribution < 1.29 is 109 Å². The first-order chi connectivity index (χ1) is 26.4. The van der Waals surface area contributed by atoms with Crippen LogP contribution in [-0.4, -0.2) is 229 Å². The highest BCUT2D eigenvalue weighted by Gasteiger charge is 2.56. The first-order valence-corrected chi connectivity index (χ1v) is 19.0. The minimum Gasteiger partial charge on any atom is -0.394 e. The molecule has 10 unspecified atom stereocenters. The summed E-state index contributed by atoms with van der Waals surface area (Å²) in [5.41, 5.74) is 0. The molecule has 5 heterocycles. The van der Waals surface area contributed by atoms with Crippen LogP contribution in [0.4, 0.5) is 0 Å². The number of hydrogen-bond donors (Lipinski definition) is 12. The maximum atomic E-state index is 11.4. The minimum absolute atomic E-state index is 0.149. The zero-order chi connectivity index (χ0) is 41.3. The van der Waals surface area contributed by atoms with Crippen molar-refractivity contribution >= 4 is 0 Å². The van der Waals surface area contributed by atoms with Gasteiger partial charge >= 0.3 is 0 Å². The van der Waals surface area contributed by atoms with E-state index in [2.05, 4.69) is 0 Å². The summed E-state index contributed by atoms with van der Waals surface area (Å²) in [7, 11) is 0. The molecule has 0 bridgehead atoms. The molecule has 12 N–H and O–H groups in total. The summed E-state index contributed by atoms with van der Waals surface area (Å²) in [5, 5.41) is 127. The fourth-order valence-electron chi connectivity index (χ4n) is 7.41. The van der Waals surface area contributed by atoms with Gasteiger partial charge in [0.25, 0.3) is 0 Å². The lowest BCUT2D eigenvalue weighted by atomic mass is 9.91. The van der Waals surface area contributed by atoms with Crippen molar-refractivity contribution in [3.05, 3.63) is 0 Å². The largest absolute Gasteiger partial charge is 0.394 e. The summed E-state index contributed by atoms with van der Waals surface area (Å²) in [6.45, 7) is 6.40. The summed E-state index contributed by atoms with van der Waals surface area (Å²) in [5.74, 6) is -0.998. The van der Waals surface area contributed by atoms with E-state index in [-0.39, 0.29) is 6.61 Å². The van der Waals surface area contributed by atoms with Crippen LogP contribution in [0.25, 0.3) is 0 Å². The van der Waals surface area contributed by atoms with E-state index in [1.54, 1.807) is 0 Å². The topological polar surface area (TPSA) is 335 Å². The fourth-order valence-corrected chi connectivity index (χ4v) is 7.41. The van der Waals surface area contributed by atoms with E-state index in [9.17, 15) is 61.3 Å². The molecular weight excluding hydrogens is 760 g/mol. The van der Waals surface area contributed by atoms with Gasteiger partial charge in [-0.05, 0) is 27.2 Å². The van der Waals surface area contributed by atoms with Crippen LogP contribution >= 0.6 is 0 Å². The van der Waals surface area contributed by atoms with Crippen molar-refractivity contribution in [2.45, 2.75) is 188 Å². The van der Waals surface area contributed by atoms with E-state index in [1.807, 2.05) is 6.92 Å². The molecule has 0 amide bonds. The standard InChI is InChI=1S/C34H60O22/c1-6-7-47-34-29(28(18(39)13(5)50-34)55-32-24(45)22(43)19(40)14(8-35)52-32)56-30-10(2)26(20(41)15(9-36)51-30)53-33-25(46)27(17(38)12(4)49-33)54-31-23(44)21(42)16(37)11(3)48-31/h10-46H,6-9H2,1-5H3/t10-,11?,12?,13?,14-,15?,16-,17-,18-,19+,20+,21?,22?,23-,24?,25-,26?,27?,28?,29-,30-,31-,32+,33-,34+/m0/s1. The average molecular weight is 821 g/mol. The third-order valence-corrected chi connectivity index (χ3v) is 11.0. The number of aliphatic hydroxyl groups is 12. The maximum absolute atomic E-state index is 11.4. The third kappa shape index (κ3) is 9.52. The Bertz CT molecular complexity index is 1200. The average Bonchev–Trinajstić information content (AvgIpc) is 3.17. The van der Waals surface area contributed by atoms with Crippen molar-refractivity contribution in [3.8, 4) is 0 Å². The van der Waals surface area contributed by atoms with Gasteiger partial charge in [-0.1, -0.05) is 13.8 Å². The molecule has 5 aliphatic rings. The molecule has 25 atom stereocenters. The normalized spacial score (nSPS) is 53.2. The number of ether oxygens (including phenoxy) is 10. The smallest absolute Gasteiger partial charge is 0.187 e. The molecular formula is C34H60O22. The molecule has 5 fully saturated rings. The van der Waals surface area contributed by atoms with E-state index in [4.69, 9.17) is 47.4 Å². The molecule has 0 aromatic heterocycles. The Morgan fingerprint density at radius 1 is 0.393 bits per heavy atom. The van der Waals surface area contributed by atoms with Gasteiger partial charge in [0, 0.05) is 12.5 Å². The Balaban J connectivity index is 1.37. The maximum Gasteiger partial charge on any atom is 0.187 e. The highest BCUT2D eigenvalue weighted by Crippen LogP contribution is 2.38. The van der Waals surface area contributed by atoms with Crippen molar-refractivity contribution in [3.63, 3.8) is 0 Å². The van der Waals surface area contributed by atoms with E-state index in [0.717, 1.165) is 0 Å². The molecule has 0 saturated carbocycles. The molecule has 56 heavy (non-hydrogen) atoms. The minimum atomic E-state index is -1.84. The lowest BCUT2D eigenvalue weighted by Gasteiger charge is -2.50. The lowest BCUT2D eigenvalue weighted by Crippen LogP contribution is -2.66. The Hall–Kier alpha value is -0.880. The summed E-state index contributed by atoms with van der Waals surface area (Å²) in [4.78, 5) is 0. The van der Waals surface area contributed by atoms with Gasteiger partial charge in [0.1, 0.15) is 91.6 Å². The fraction of sp³-hybridized carbons (Fsp3) is 1.00. The molecule has 0 aliphatic carbocycles. The second-order valence-electron chi connectivity index (χ2n) is 15.1. The molecule has 22 nitrogen and oxygen atoms in total. The Kier molecular flexibility index (Phi) is 16.2. The van der Waals surface area contributed by atoms with Crippen molar-refractivity contribution in [1.82, 2.24) is 0 Å². The van der Waals surface area contributed by atoms with Gasteiger partial charge in [-0.3, -0.25) is 0 Å². The lowest BCUT2D eigenvalue weighted by molar-refractivity contribution is -0.396. The quantitative estimate of drug-likeness (QED) is 0.0822. The van der Waals surface area contributed by atoms with Gasteiger partial charge in [0.05, 0.1) is 37.6 Å². The van der Waals surface area contributed by atoms with E-state index < -0.39 is 167 Å². The van der Waals surface area contributed by atoms with Crippen LogP contribution in [0.5, 0.6) is 0 Å². The molecule has 328 valence electrons. The molecule has 5 aliphatic heterocycles. The van der Waals surface area contributed by atoms with Gasteiger partial charge in [0.15, 0.2) is 31.5 Å². The van der Waals surface area contributed by atoms with Crippen LogP contribution in [0.3, 0.4) is 0 Å². The van der Waals surface area contributed by atoms with Crippen molar-refractivity contribution in [1.29, 1.82) is 0 Å². The number of hydrogen-bond acceptors (Lipinski definition) is 22. The molecule has 0 spiro atoms. The first kappa shape index (κ1) is 46.2.